The number of hydrogen-bond acceptors (Lipinski definition) is 2. The molecule has 1 aromatic heterocycles. The Balaban J connectivity index is 2.18. The van der Waals surface area contributed by atoms with E-state index in [9.17, 15) is 4.79 Å². The summed E-state index contributed by atoms with van der Waals surface area (Å²) in [4.78, 5) is 11.9. The fourth-order valence-corrected chi connectivity index (χ4v) is 2.15. The summed E-state index contributed by atoms with van der Waals surface area (Å²) >= 11 is 2.24. The summed E-state index contributed by atoms with van der Waals surface area (Å²) in [7, 11) is 0. The zero-order chi connectivity index (χ0) is 12.4. The van der Waals surface area contributed by atoms with Gasteiger partial charge in [0, 0.05) is 9.26 Å². The summed E-state index contributed by atoms with van der Waals surface area (Å²) < 4.78 is 6.41. The minimum absolute atomic E-state index is 0.220. The second-order valence-corrected chi connectivity index (χ2v) is 5.07. The number of aryl methyl sites for hydroxylation is 2. The number of carbonyl (C=O) groups is 1. The van der Waals surface area contributed by atoms with Gasteiger partial charge >= 0.3 is 0 Å². The molecule has 0 unspecified atom stereocenters. The number of furan rings is 1. The first-order chi connectivity index (χ1) is 8.06. The minimum atomic E-state index is -0.220. The molecule has 88 valence electrons. The third kappa shape index (κ3) is 2.88. The average Bonchev–Trinajstić information content (AvgIpc) is 2.69. The highest BCUT2D eigenvalue weighted by Gasteiger charge is 2.11. The molecule has 17 heavy (non-hydrogen) atoms. The van der Waals surface area contributed by atoms with Crippen molar-refractivity contribution in [3.05, 3.63) is 51.0 Å². The lowest BCUT2D eigenvalue weighted by molar-refractivity contribution is 0.0995. The second-order valence-electron chi connectivity index (χ2n) is 3.82. The van der Waals surface area contributed by atoms with Crippen LogP contribution in [0, 0.1) is 17.4 Å². The van der Waals surface area contributed by atoms with E-state index in [0.717, 1.165) is 20.6 Å². The SMILES string of the molecule is Cc1ccc(C(=O)Nc2ccc(I)cc2C)o1. The Morgan fingerprint density at radius 2 is 2.00 bits per heavy atom. The summed E-state index contributed by atoms with van der Waals surface area (Å²) in [5.74, 6) is 0.845. The maximum atomic E-state index is 11.9. The molecule has 2 aromatic rings. The molecule has 3 nitrogen and oxygen atoms in total. The van der Waals surface area contributed by atoms with Crippen molar-refractivity contribution in [2.45, 2.75) is 13.8 Å². The summed E-state index contributed by atoms with van der Waals surface area (Å²) in [6.07, 6.45) is 0. The number of rotatable bonds is 2. The molecule has 0 radical (unpaired) electrons. The normalized spacial score (nSPS) is 10.3. The summed E-state index contributed by atoms with van der Waals surface area (Å²) in [5, 5.41) is 2.83. The Labute approximate surface area is 113 Å². The van der Waals surface area contributed by atoms with Crippen molar-refractivity contribution in [3.8, 4) is 0 Å². The highest BCUT2D eigenvalue weighted by Crippen LogP contribution is 2.19. The molecule has 0 aliphatic rings. The van der Waals surface area contributed by atoms with E-state index in [1.54, 1.807) is 12.1 Å². The van der Waals surface area contributed by atoms with Crippen LogP contribution < -0.4 is 5.32 Å². The van der Waals surface area contributed by atoms with Crippen LogP contribution in [0.4, 0.5) is 5.69 Å². The van der Waals surface area contributed by atoms with Gasteiger partial charge in [-0.3, -0.25) is 4.79 Å². The maximum absolute atomic E-state index is 11.9. The first-order valence-corrected chi connectivity index (χ1v) is 6.28. The Morgan fingerprint density at radius 1 is 1.24 bits per heavy atom. The van der Waals surface area contributed by atoms with Gasteiger partial charge in [0.15, 0.2) is 5.76 Å². The van der Waals surface area contributed by atoms with E-state index in [1.807, 2.05) is 32.0 Å². The fourth-order valence-electron chi connectivity index (χ4n) is 1.51. The van der Waals surface area contributed by atoms with Crippen LogP contribution in [0.15, 0.2) is 34.7 Å². The molecular formula is C13H12INO2. The van der Waals surface area contributed by atoms with Crippen molar-refractivity contribution in [3.63, 3.8) is 0 Å². The standard InChI is InChI=1S/C13H12INO2/c1-8-7-10(14)4-5-11(8)15-13(16)12-6-3-9(2)17-12/h3-7H,1-2H3,(H,15,16). The molecule has 2 rings (SSSR count). The largest absolute Gasteiger partial charge is 0.456 e. The fraction of sp³-hybridized carbons (Fsp3) is 0.154. The molecule has 0 saturated heterocycles. The summed E-state index contributed by atoms with van der Waals surface area (Å²) in [6.45, 7) is 3.78. The van der Waals surface area contributed by atoms with E-state index in [0.29, 0.717) is 5.76 Å². The van der Waals surface area contributed by atoms with Crippen LogP contribution in [0.3, 0.4) is 0 Å². The lowest BCUT2D eigenvalue weighted by atomic mass is 10.2. The Bertz CT molecular complexity index is 560. The first kappa shape index (κ1) is 12.2. The van der Waals surface area contributed by atoms with E-state index in [1.165, 1.54) is 0 Å². The zero-order valence-corrected chi connectivity index (χ0v) is 11.7. The number of hydrogen-bond donors (Lipinski definition) is 1. The summed E-state index contributed by atoms with van der Waals surface area (Å²) in [5.41, 5.74) is 1.85. The van der Waals surface area contributed by atoms with Gasteiger partial charge in [-0.1, -0.05) is 0 Å². The Morgan fingerprint density at radius 3 is 2.59 bits per heavy atom. The molecule has 0 saturated carbocycles. The van der Waals surface area contributed by atoms with Crippen LogP contribution in [-0.4, -0.2) is 5.91 Å². The summed E-state index contributed by atoms with van der Waals surface area (Å²) in [6, 6.07) is 9.31. The molecule has 1 heterocycles. The third-order valence-corrected chi connectivity index (χ3v) is 3.07. The van der Waals surface area contributed by atoms with E-state index in [-0.39, 0.29) is 5.91 Å². The number of amides is 1. The number of halogens is 1. The van der Waals surface area contributed by atoms with Crippen LogP contribution >= 0.6 is 22.6 Å². The van der Waals surface area contributed by atoms with Gasteiger partial charge in [-0.05, 0) is 72.3 Å². The lowest BCUT2D eigenvalue weighted by Gasteiger charge is -2.07. The topological polar surface area (TPSA) is 42.2 Å². The van der Waals surface area contributed by atoms with E-state index >= 15 is 0 Å². The van der Waals surface area contributed by atoms with Gasteiger partial charge in [0.1, 0.15) is 5.76 Å². The smallest absolute Gasteiger partial charge is 0.291 e. The molecule has 4 heteroatoms. The first-order valence-electron chi connectivity index (χ1n) is 5.20. The molecule has 1 N–H and O–H groups in total. The second kappa shape index (κ2) is 4.91. The van der Waals surface area contributed by atoms with Gasteiger partial charge in [-0.25, -0.2) is 0 Å². The lowest BCUT2D eigenvalue weighted by Crippen LogP contribution is -2.11. The number of benzene rings is 1. The zero-order valence-electron chi connectivity index (χ0n) is 9.58. The van der Waals surface area contributed by atoms with Crippen molar-refractivity contribution in [1.29, 1.82) is 0 Å². The van der Waals surface area contributed by atoms with Gasteiger partial charge < -0.3 is 9.73 Å². The maximum Gasteiger partial charge on any atom is 0.291 e. The predicted molar refractivity (Wildman–Crippen MR) is 75.3 cm³/mol. The van der Waals surface area contributed by atoms with Gasteiger partial charge in [0.25, 0.3) is 5.91 Å². The molecule has 1 aromatic carbocycles. The molecule has 0 fully saturated rings. The van der Waals surface area contributed by atoms with Gasteiger partial charge in [-0.15, -0.1) is 0 Å². The highest BCUT2D eigenvalue weighted by atomic mass is 127. The van der Waals surface area contributed by atoms with Crippen LogP contribution in [0.1, 0.15) is 21.9 Å². The van der Waals surface area contributed by atoms with Crippen molar-refractivity contribution < 1.29 is 9.21 Å². The molecule has 0 aliphatic heterocycles. The van der Waals surface area contributed by atoms with E-state index in [2.05, 4.69) is 27.9 Å². The monoisotopic (exact) mass is 341 g/mol. The number of nitrogens with one attached hydrogen (secondary N) is 1. The molecule has 0 aliphatic carbocycles. The van der Waals surface area contributed by atoms with Crippen molar-refractivity contribution in [2.24, 2.45) is 0 Å². The third-order valence-electron chi connectivity index (χ3n) is 2.40. The highest BCUT2D eigenvalue weighted by molar-refractivity contribution is 14.1. The molecular weight excluding hydrogens is 329 g/mol. The van der Waals surface area contributed by atoms with Gasteiger partial charge in [0.05, 0.1) is 0 Å². The molecule has 0 spiro atoms. The van der Waals surface area contributed by atoms with Crippen molar-refractivity contribution in [2.75, 3.05) is 5.32 Å². The number of carbonyl (C=O) groups excluding carboxylic acids is 1. The van der Waals surface area contributed by atoms with Crippen molar-refractivity contribution >= 4 is 34.2 Å². The Kier molecular flexibility index (Phi) is 3.51. The van der Waals surface area contributed by atoms with Crippen LogP contribution in [0.2, 0.25) is 0 Å². The average molecular weight is 341 g/mol. The Hall–Kier alpha value is -1.30. The molecule has 1 amide bonds. The quantitative estimate of drug-likeness (QED) is 0.846. The number of anilines is 1. The minimum Gasteiger partial charge on any atom is -0.456 e. The van der Waals surface area contributed by atoms with Crippen LogP contribution in [0.25, 0.3) is 0 Å². The van der Waals surface area contributed by atoms with Gasteiger partial charge in [-0.2, -0.15) is 0 Å². The van der Waals surface area contributed by atoms with Crippen molar-refractivity contribution in [1.82, 2.24) is 0 Å². The molecule has 0 atom stereocenters. The molecule has 0 bridgehead atoms. The van der Waals surface area contributed by atoms with E-state index < -0.39 is 0 Å². The van der Waals surface area contributed by atoms with E-state index in [4.69, 9.17) is 4.42 Å². The predicted octanol–water partition coefficient (Wildman–Crippen LogP) is 3.75. The van der Waals surface area contributed by atoms with Gasteiger partial charge in [0.2, 0.25) is 0 Å². The van der Waals surface area contributed by atoms with Crippen LogP contribution in [-0.2, 0) is 0 Å². The van der Waals surface area contributed by atoms with Crippen LogP contribution in [0.5, 0.6) is 0 Å².